The molecule has 19 heavy (non-hydrogen) atoms. The van der Waals surface area contributed by atoms with Gasteiger partial charge in [-0.15, -0.1) is 0 Å². The Kier molecular flexibility index (Phi) is 4.61. The van der Waals surface area contributed by atoms with Crippen molar-refractivity contribution in [2.24, 2.45) is 0 Å². The normalized spacial score (nSPS) is 10.4. The number of allylic oxidation sites excluding steroid dienone is 2. The van der Waals surface area contributed by atoms with Crippen molar-refractivity contribution in [1.29, 1.82) is 5.26 Å². The predicted octanol–water partition coefficient (Wildman–Crippen LogP) is 2.06. The number of hydrogen-bond donors (Lipinski definition) is 2. The van der Waals surface area contributed by atoms with Crippen molar-refractivity contribution in [3.8, 4) is 6.07 Å². The van der Waals surface area contributed by atoms with Crippen molar-refractivity contribution in [3.05, 3.63) is 52.6 Å². The van der Waals surface area contributed by atoms with Gasteiger partial charge in [0.05, 0.1) is 11.6 Å². The molecule has 1 aromatic carbocycles. The average molecular weight is 257 g/mol. The van der Waals surface area contributed by atoms with Gasteiger partial charge in [-0.3, -0.25) is 0 Å². The Labute approximate surface area is 109 Å². The first-order chi connectivity index (χ1) is 8.93. The van der Waals surface area contributed by atoms with Crippen molar-refractivity contribution in [3.63, 3.8) is 0 Å². The van der Waals surface area contributed by atoms with E-state index in [1.165, 1.54) is 0 Å². The maximum Gasteiger partial charge on any atom is 0.343 e. The molecule has 0 atom stereocenters. The minimum Gasteiger partial charge on any atom is -0.477 e. The lowest BCUT2D eigenvalue weighted by Gasteiger charge is -1.98. The molecule has 0 heterocycles. The molecule has 0 bridgehead atoms. The molecule has 0 fully saturated rings. The minimum atomic E-state index is -1.49. The molecule has 0 saturated carbocycles. The Bertz CT molecular complexity index is 587. The third-order valence-electron chi connectivity index (χ3n) is 2.27. The van der Waals surface area contributed by atoms with Crippen molar-refractivity contribution in [1.82, 2.24) is 0 Å². The van der Waals surface area contributed by atoms with E-state index in [-0.39, 0.29) is 0 Å². The monoisotopic (exact) mass is 257 g/mol. The molecule has 0 radical (unpaired) electrons. The van der Waals surface area contributed by atoms with E-state index in [1.54, 1.807) is 37.3 Å². The molecule has 0 aliphatic carbocycles. The molecule has 1 rings (SSSR count). The van der Waals surface area contributed by atoms with Gasteiger partial charge in [0.2, 0.25) is 0 Å². The molecule has 0 aromatic heterocycles. The highest BCUT2D eigenvalue weighted by Gasteiger charge is 2.15. The maximum atomic E-state index is 10.7. The number of aliphatic carboxylic acids is 2. The molecule has 96 valence electrons. The van der Waals surface area contributed by atoms with Gasteiger partial charge in [0.25, 0.3) is 0 Å². The van der Waals surface area contributed by atoms with Crippen molar-refractivity contribution in [2.45, 2.75) is 6.92 Å². The zero-order valence-corrected chi connectivity index (χ0v) is 10.1. The molecule has 0 aliphatic rings. The van der Waals surface area contributed by atoms with Gasteiger partial charge in [-0.05, 0) is 36.3 Å². The van der Waals surface area contributed by atoms with Crippen LogP contribution in [0.2, 0.25) is 0 Å². The summed E-state index contributed by atoms with van der Waals surface area (Å²) in [6.45, 7) is 1.60. The van der Waals surface area contributed by atoms with Crippen LogP contribution in [0.4, 0.5) is 0 Å². The van der Waals surface area contributed by atoms with Gasteiger partial charge in [-0.1, -0.05) is 18.2 Å². The highest BCUT2D eigenvalue weighted by Crippen LogP contribution is 2.11. The lowest BCUT2D eigenvalue weighted by atomic mass is 10.1. The fourth-order valence-electron chi connectivity index (χ4n) is 1.40. The Morgan fingerprint density at radius 1 is 1.16 bits per heavy atom. The van der Waals surface area contributed by atoms with E-state index < -0.39 is 17.5 Å². The summed E-state index contributed by atoms with van der Waals surface area (Å²) in [4.78, 5) is 21.4. The van der Waals surface area contributed by atoms with Crippen LogP contribution in [0.3, 0.4) is 0 Å². The largest absolute Gasteiger partial charge is 0.477 e. The quantitative estimate of drug-likeness (QED) is 0.372. The van der Waals surface area contributed by atoms with Crippen LogP contribution in [0.15, 0.2) is 41.5 Å². The van der Waals surface area contributed by atoms with Crippen molar-refractivity contribution >= 4 is 18.0 Å². The number of nitriles is 1. The van der Waals surface area contributed by atoms with Gasteiger partial charge < -0.3 is 10.2 Å². The van der Waals surface area contributed by atoms with Crippen LogP contribution in [-0.2, 0) is 9.59 Å². The second-order valence-corrected chi connectivity index (χ2v) is 3.79. The van der Waals surface area contributed by atoms with Gasteiger partial charge in [-0.25, -0.2) is 9.59 Å². The van der Waals surface area contributed by atoms with Gasteiger partial charge in [0, 0.05) is 0 Å². The summed E-state index contributed by atoms with van der Waals surface area (Å²) in [7, 11) is 0. The molecule has 2 N–H and O–H groups in total. The van der Waals surface area contributed by atoms with Crippen LogP contribution in [0.25, 0.3) is 6.08 Å². The topological polar surface area (TPSA) is 98.4 Å². The second kappa shape index (κ2) is 6.17. The average Bonchev–Trinajstić information content (AvgIpc) is 2.36. The summed E-state index contributed by atoms with van der Waals surface area (Å²) >= 11 is 0. The summed E-state index contributed by atoms with van der Waals surface area (Å²) in [5.74, 6) is -2.97. The van der Waals surface area contributed by atoms with E-state index in [1.807, 2.05) is 6.07 Å². The first kappa shape index (κ1) is 14.2. The van der Waals surface area contributed by atoms with Gasteiger partial charge in [0.15, 0.2) is 0 Å². The molecule has 0 aliphatic heterocycles. The maximum absolute atomic E-state index is 10.7. The van der Waals surface area contributed by atoms with E-state index in [4.69, 9.17) is 15.5 Å². The van der Waals surface area contributed by atoms with Crippen LogP contribution in [-0.4, -0.2) is 22.2 Å². The number of carboxylic acid groups (broad SMARTS) is 2. The summed E-state index contributed by atoms with van der Waals surface area (Å²) in [6.07, 6.45) is 2.72. The SMILES string of the molecule is C/C(C=C(C(=O)O)C(=O)O)=C\c1ccc(C#N)cc1. The lowest BCUT2D eigenvalue weighted by Crippen LogP contribution is -2.11. The highest BCUT2D eigenvalue weighted by molar-refractivity contribution is 6.12. The Morgan fingerprint density at radius 2 is 1.68 bits per heavy atom. The fraction of sp³-hybridized carbons (Fsp3) is 0.0714. The number of nitrogens with zero attached hydrogens (tertiary/aromatic N) is 1. The highest BCUT2D eigenvalue weighted by atomic mass is 16.4. The third-order valence-corrected chi connectivity index (χ3v) is 2.27. The zero-order valence-electron chi connectivity index (χ0n) is 10.1. The summed E-state index contributed by atoms with van der Waals surface area (Å²) in [6, 6.07) is 8.61. The standard InChI is InChI=1S/C14H11NO4/c1-9(7-12(13(16)17)14(18)19)6-10-2-4-11(8-15)5-3-10/h2-7H,1H3,(H,16,17)(H,18,19)/b9-6+. The number of hydrogen-bond acceptors (Lipinski definition) is 3. The Hall–Kier alpha value is -2.87. The first-order valence-corrected chi connectivity index (χ1v) is 5.31. The smallest absolute Gasteiger partial charge is 0.343 e. The minimum absolute atomic E-state index is 0.490. The molecular weight excluding hydrogens is 246 g/mol. The molecule has 0 saturated heterocycles. The summed E-state index contributed by atoms with van der Waals surface area (Å²) in [5, 5.41) is 26.1. The fourth-order valence-corrected chi connectivity index (χ4v) is 1.40. The molecule has 0 spiro atoms. The van der Waals surface area contributed by atoms with Crippen molar-refractivity contribution in [2.75, 3.05) is 0 Å². The first-order valence-electron chi connectivity index (χ1n) is 5.31. The van der Waals surface area contributed by atoms with E-state index in [2.05, 4.69) is 0 Å². The van der Waals surface area contributed by atoms with Crippen LogP contribution < -0.4 is 0 Å². The van der Waals surface area contributed by atoms with Crippen LogP contribution in [0.5, 0.6) is 0 Å². The molecular formula is C14H11NO4. The van der Waals surface area contributed by atoms with Crippen molar-refractivity contribution < 1.29 is 19.8 Å². The summed E-state index contributed by atoms with van der Waals surface area (Å²) in [5.41, 5.74) is 1.07. The molecule has 5 heteroatoms. The number of carboxylic acids is 2. The molecule has 5 nitrogen and oxygen atoms in total. The van der Waals surface area contributed by atoms with E-state index in [9.17, 15) is 9.59 Å². The summed E-state index contributed by atoms with van der Waals surface area (Å²) < 4.78 is 0. The van der Waals surface area contributed by atoms with Gasteiger partial charge >= 0.3 is 11.9 Å². The van der Waals surface area contributed by atoms with E-state index >= 15 is 0 Å². The number of carbonyl (C=O) groups is 2. The van der Waals surface area contributed by atoms with Crippen LogP contribution in [0, 0.1) is 11.3 Å². The molecule has 0 amide bonds. The molecule has 0 unspecified atom stereocenters. The van der Waals surface area contributed by atoms with Gasteiger partial charge in [-0.2, -0.15) is 5.26 Å². The third kappa shape index (κ3) is 4.13. The lowest BCUT2D eigenvalue weighted by molar-refractivity contribution is -0.140. The van der Waals surface area contributed by atoms with E-state index in [0.29, 0.717) is 11.1 Å². The second-order valence-electron chi connectivity index (χ2n) is 3.79. The zero-order chi connectivity index (χ0) is 14.4. The van der Waals surface area contributed by atoms with Crippen LogP contribution >= 0.6 is 0 Å². The Balaban J connectivity index is 3.04. The van der Waals surface area contributed by atoms with Gasteiger partial charge in [0.1, 0.15) is 5.57 Å². The molecule has 1 aromatic rings. The Morgan fingerprint density at radius 3 is 2.11 bits per heavy atom. The predicted molar refractivity (Wildman–Crippen MR) is 68.2 cm³/mol. The van der Waals surface area contributed by atoms with Crippen LogP contribution in [0.1, 0.15) is 18.1 Å². The number of benzene rings is 1. The van der Waals surface area contributed by atoms with E-state index in [0.717, 1.165) is 11.6 Å². The number of rotatable bonds is 4.